The molecule has 0 aliphatic rings. The molecular formula is C11H18OS. The fraction of sp³-hybridized carbons (Fsp3) is 0.636. The first kappa shape index (κ1) is 10.7. The second kappa shape index (κ2) is 4.77. The zero-order valence-corrected chi connectivity index (χ0v) is 9.23. The maximum Gasteiger partial charge on any atom is 0.0591 e. The fourth-order valence-electron chi connectivity index (χ4n) is 1.31. The molecule has 0 atom stereocenters. The Balaban J connectivity index is 2.09. The molecule has 0 spiro atoms. The van der Waals surface area contributed by atoms with E-state index in [0.29, 0.717) is 0 Å². The van der Waals surface area contributed by atoms with Crippen LogP contribution >= 0.6 is 11.3 Å². The van der Waals surface area contributed by atoms with E-state index in [4.69, 9.17) is 0 Å². The summed E-state index contributed by atoms with van der Waals surface area (Å²) in [5.74, 6) is 0. The Morgan fingerprint density at radius 1 is 1.38 bits per heavy atom. The molecule has 0 aromatic carbocycles. The highest BCUT2D eigenvalue weighted by Crippen LogP contribution is 2.16. The molecule has 1 rings (SSSR count). The van der Waals surface area contributed by atoms with Crippen molar-refractivity contribution in [1.82, 2.24) is 0 Å². The van der Waals surface area contributed by atoms with Crippen molar-refractivity contribution in [2.75, 3.05) is 0 Å². The van der Waals surface area contributed by atoms with Crippen LogP contribution in [0.4, 0.5) is 0 Å². The second-order valence-electron chi connectivity index (χ2n) is 4.10. The number of hydrogen-bond donors (Lipinski definition) is 1. The Kier molecular flexibility index (Phi) is 3.94. The molecule has 13 heavy (non-hydrogen) atoms. The van der Waals surface area contributed by atoms with Gasteiger partial charge in [0.1, 0.15) is 0 Å². The van der Waals surface area contributed by atoms with E-state index in [0.717, 1.165) is 19.3 Å². The maximum atomic E-state index is 9.48. The first-order valence-electron chi connectivity index (χ1n) is 4.83. The van der Waals surface area contributed by atoms with Crippen LogP contribution < -0.4 is 0 Å². The molecule has 0 saturated heterocycles. The second-order valence-corrected chi connectivity index (χ2v) is 5.13. The van der Waals surface area contributed by atoms with Gasteiger partial charge in [-0.3, -0.25) is 0 Å². The summed E-state index contributed by atoms with van der Waals surface area (Å²) in [4.78, 5) is 1.45. The number of rotatable bonds is 5. The van der Waals surface area contributed by atoms with Crippen molar-refractivity contribution in [2.24, 2.45) is 0 Å². The molecule has 0 radical (unpaired) electrons. The van der Waals surface area contributed by atoms with Gasteiger partial charge in [0.2, 0.25) is 0 Å². The van der Waals surface area contributed by atoms with Gasteiger partial charge in [0.25, 0.3) is 0 Å². The van der Waals surface area contributed by atoms with E-state index in [-0.39, 0.29) is 0 Å². The van der Waals surface area contributed by atoms with E-state index in [1.807, 2.05) is 25.2 Å². The highest BCUT2D eigenvalue weighted by atomic mass is 32.1. The van der Waals surface area contributed by atoms with E-state index >= 15 is 0 Å². The summed E-state index contributed by atoms with van der Waals surface area (Å²) in [7, 11) is 0. The molecule has 1 aromatic heterocycles. The minimum absolute atomic E-state index is 0.491. The fourth-order valence-corrected chi connectivity index (χ4v) is 2.06. The summed E-state index contributed by atoms with van der Waals surface area (Å²) in [5, 5.41) is 11.6. The predicted molar refractivity (Wildman–Crippen MR) is 58.2 cm³/mol. The molecule has 1 nitrogen and oxygen atoms in total. The highest BCUT2D eigenvalue weighted by Gasteiger charge is 2.10. The standard InChI is InChI=1S/C11H18OS/c1-11(2,12)8-4-3-6-10-7-5-9-13-10/h5,7,9,12H,3-4,6,8H2,1-2H3. The molecular weight excluding hydrogens is 180 g/mol. The Morgan fingerprint density at radius 2 is 2.15 bits per heavy atom. The SMILES string of the molecule is CC(C)(O)CCCCc1cccs1. The lowest BCUT2D eigenvalue weighted by atomic mass is 10.0. The molecule has 0 amide bonds. The summed E-state index contributed by atoms with van der Waals surface area (Å²) in [6, 6.07) is 4.27. The van der Waals surface area contributed by atoms with Crippen LogP contribution in [-0.4, -0.2) is 10.7 Å². The quantitative estimate of drug-likeness (QED) is 0.720. The monoisotopic (exact) mass is 198 g/mol. The molecule has 0 aliphatic heterocycles. The molecule has 1 N–H and O–H groups in total. The third-order valence-electron chi connectivity index (χ3n) is 2.04. The average Bonchev–Trinajstić information content (AvgIpc) is 2.48. The van der Waals surface area contributed by atoms with Gasteiger partial charge in [-0.15, -0.1) is 11.3 Å². The van der Waals surface area contributed by atoms with E-state index in [2.05, 4.69) is 17.5 Å². The van der Waals surface area contributed by atoms with Crippen molar-refractivity contribution >= 4 is 11.3 Å². The van der Waals surface area contributed by atoms with Crippen LogP contribution in [0.1, 0.15) is 38.0 Å². The van der Waals surface area contributed by atoms with Crippen LogP contribution in [-0.2, 0) is 6.42 Å². The topological polar surface area (TPSA) is 20.2 Å². The number of unbranched alkanes of at least 4 members (excludes halogenated alkanes) is 1. The summed E-state index contributed by atoms with van der Waals surface area (Å²) in [5.41, 5.74) is -0.491. The summed E-state index contributed by atoms with van der Waals surface area (Å²) < 4.78 is 0. The lowest BCUT2D eigenvalue weighted by molar-refractivity contribution is 0.0683. The smallest absolute Gasteiger partial charge is 0.0591 e. The summed E-state index contributed by atoms with van der Waals surface area (Å²) in [6.07, 6.45) is 4.36. The van der Waals surface area contributed by atoms with E-state index in [9.17, 15) is 5.11 Å². The average molecular weight is 198 g/mol. The minimum Gasteiger partial charge on any atom is -0.390 e. The molecule has 74 valence electrons. The third kappa shape index (κ3) is 5.06. The Bertz CT molecular complexity index is 221. The van der Waals surface area contributed by atoms with Crippen LogP contribution in [0.5, 0.6) is 0 Å². The highest BCUT2D eigenvalue weighted by molar-refractivity contribution is 7.09. The lowest BCUT2D eigenvalue weighted by Crippen LogP contribution is -2.17. The van der Waals surface area contributed by atoms with Crippen LogP contribution in [0.2, 0.25) is 0 Å². The van der Waals surface area contributed by atoms with E-state index in [1.54, 1.807) is 0 Å². The van der Waals surface area contributed by atoms with Crippen LogP contribution in [0.15, 0.2) is 17.5 Å². The van der Waals surface area contributed by atoms with Gasteiger partial charge in [0.15, 0.2) is 0 Å². The Morgan fingerprint density at radius 3 is 2.69 bits per heavy atom. The first-order chi connectivity index (χ1) is 6.08. The largest absolute Gasteiger partial charge is 0.390 e. The van der Waals surface area contributed by atoms with Crippen LogP contribution in [0.3, 0.4) is 0 Å². The molecule has 1 aromatic rings. The third-order valence-corrected chi connectivity index (χ3v) is 2.98. The van der Waals surface area contributed by atoms with Gasteiger partial charge >= 0.3 is 0 Å². The summed E-state index contributed by atoms with van der Waals surface area (Å²) in [6.45, 7) is 3.75. The molecule has 0 unspecified atom stereocenters. The van der Waals surface area contributed by atoms with Crippen molar-refractivity contribution in [3.8, 4) is 0 Å². The van der Waals surface area contributed by atoms with E-state index < -0.39 is 5.60 Å². The summed E-state index contributed by atoms with van der Waals surface area (Å²) >= 11 is 1.82. The van der Waals surface area contributed by atoms with Crippen molar-refractivity contribution in [2.45, 2.75) is 45.1 Å². The van der Waals surface area contributed by atoms with Gasteiger partial charge in [-0.25, -0.2) is 0 Å². The van der Waals surface area contributed by atoms with E-state index in [1.165, 1.54) is 11.3 Å². The van der Waals surface area contributed by atoms with Crippen molar-refractivity contribution in [3.63, 3.8) is 0 Å². The number of aliphatic hydroxyl groups is 1. The Labute approximate surface area is 84.4 Å². The number of aryl methyl sites for hydroxylation is 1. The van der Waals surface area contributed by atoms with Crippen molar-refractivity contribution < 1.29 is 5.11 Å². The van der Waals surface area contributed by atoms with Gasteiger partial charge in [0.05, 0.1) is 5.60 Å². The Hall–Kier alpha value is -0.340. The number of thiophene rings is 1. The molecule has 0 saturated carbocycles. The molecule has 0 fully saturated rings. The van der Waals surface area contributed by atoms with Gasteiger partial charge in [-0.05, 0) is 44.6 Å². The minimum atomic E-state index is -0.491. The zero-order valence-electron chi connectivity index (χ0n) is 8.42. The molecule has 2 heteroatoms. The van der Waals surface area contributed by atoms with Crippen LogP contribution in [0, 0.1) is 0 Å². The maximum absolute atomic E-state index is 9.48. The van der Waals surface area contributed by atoms with Crippen LogP contribution in [0.25, 0.3) is 0 Å². The van der Waals surface area contributed by atoms with Crippen molar-refractivity contribution in [3.05, 3.63) is 22.4 Å². The normalized spacial score (nSPS) is 11.9. The molecule has 0 aliphatic carbocycles. The van der Waals surface area contributed by atoms with Gasteiger partial charge in [0, 0.05) is 4.88 Å². The van der Waals surface area contributed by atoms with Gasteiger partial charge in [-0.2, -0.15) is 0 Å². The molecule has 0 bridgehead atoms. The lowest BCUT2D eigenvalue weighted by Gasteiger charge is -2.15. The molecule has 1 heterocycles. The predicted octanol–water partition coefficient (Wildman–Crippen LogP) is 3.23. The number of hydrogen-bond acceptors (Lipinski definition) is 2. The van der Waals surface area contributed by atoms with Gasteiger partial charge < -0.3 is 5.11 Å². The van der Waals surface area contributed by atoms with Crippen molar-refractivity contribution in [1.29, 1.82) is 0 Å². The first-order valence-corrected chi connectivity index (χ1v) is 5.71. The van der Waals surface area contributed by atoms with Gasteiger partial charge in [-0.1, -0.05) is 12.5 Å². The zero-order chi connectivity index (χ0) is 9.73.